The highest BCUT2D eigenvalue weighted by molar-refractivity contribution is 6.09. The maximum Gasteiger partial charge on any atom is 0.0541 e. The van der Waals surface area contributed by atoms with Gasteiger partial charge in [-0.3, -0.25) is 0 Å². The van der Waals surface area contributed by atoms with E-state index in [1.807, 2.05) is 12.2 Å². The third kappa shape index (κ3) is 6.11. The van der Waals surface area contributed by atoms with Crippen molar-refractivity contribution in [1.29, 1.82) is 0 Å². The van der Waals surface area contributed by atoms with Crippen LogP contribution in [0.3, 0.4) is 0 Å². The molecule has 0 bridgehead atoms. The standard InChI is InChI=1S/C23H17N.C15H12.C11H12/c1-16-10-13-23-21(14-16)20-8-4-5-9-22(20)24(23)19-12-11-17-6-2-3-7-18(17)15-19;1-10-7-8-14-13-6-4-3-5-12(13)11(2)15(14)9-10;1-4-10-7-6-9(3)8-11(10)5-2/h2-15H,1H3;3-9H,2H2,1H3;4-8H,1-2H2,3H3. The maximum atomic E-state index is 4.18. The smallest absolute Gasteiger partial charge is 0.0541 e. The number of para-hydroxylation sites is 1. The van der Waals surface area contributed by atoms with Crippen molar-refractivity contribution in [1.82, 2.24) is 4.57 Å². The third-order valence-corrected chi connectivity index (χ3v) is 9.54. The fourth-order valence-corrected chi connectivity index (χ4v) is 7.01. The molecule has 0 spiro atoms. The molecule has 0 amide bonds. The molecule has 0 radical (unpaired) electrons. The van der Waals surface area contributed by atoms with Crippen molar-refractivity contribution >= 4 is 50.3 Å². The summed E-state index contributed by atoms with van der Waals surface area (Å²) in [4.78, 5) is 0. The highest BCUT2D eigenvalue weighted by atomic mass is 15.0. The molecular formula is C49H41N. The fourth-order valence-electron chi connectivity index (χ4n) is 7.01. The Morgan fingerprint density at radius 2 is 1.04 bits per heavy atom. The number of benzene rings is 7. The van der Waals surface area contributed by atoms with Crippen LogP contribution in [0.15, 0.2) is 165 Å². The predicted molar refractivity (Wildman–Crippen MR) is 219 cm³/mol. The second-order valence-electron chi connectivity index (χ2n) is 13.0. The van der Waals surface area contributed by atoms with E-state index in [4.69, 9.17) is 0 Å². The Kier molecular flexibility index (Phi) is 8.90. The molecule has 9 rings (SSSR count). The Labute approximate surface area is 295 Å². The molecule has 1 aromatic heterocycles. The minimum absolute atomic E-state index is 1.14. The van der Waals surface area contributed by atoms with Gasteiger partial charge in [0.2, 0.25) is 0 Å². The highest BCUT2D eigenvalue weighted by Crippen LogP contribution is 2.43. The molecule has 8 aromatic rings. The van der Waals surface area contributed by atoms with E-state index in [1.54, 1.807) is 0 Å². The largest absolute Gasteiger partial charge is 0.309 e. The van der Waals surface area contributed by atoms with Crippen molar-refractivity contribution in [2.24, 2.45) is 0 Å². The zero-order valence-corrected chi connectivity index (χ0v) is 29.1. The number of hydrogen-bond donors (Lipinski definition) is 0. The van der Waals surface area contributed by atoms with E-state index in [1.165, 1.54) is 77.2 Å². The first-order valence-corrected chi connectivity index (χ1v) is 17.1. The summed E-state index contributed by atoms with van der Waals surface area (Å²) in [6.45, 7) is 18.0. The van der Waals surface area contributed by atoms with E-state index < -0.39 is 0 Å². The Morgan fingerprint density at radius 1 is 0.440 bits per heavy atom. The molecule has 0 aliphatic heterocycles. The van der Waals surface area contributed by atoms with Crippen LogP contribution in [0.5, 0.6) is 0 Å². The molecule has 1 heteroatoms. The van der Waals surface area contributed by atoms with E-state index in [-0.39, 0.29) is 0 Å². The number of fused-ring (bicyclic) bond motifs is 7. The third-order valence-electron chi connectivity index (χ3n) is 9.54. The summed E-state index contributed by atoms with van der Waals surface area (Å²) in [6.07, 6.45) is 3.69. The van der Waals surface area contributed by atoms with Gasteiger partial charge in [-0.15, -0.1) is 0 Å². The lowest BCUT2D eigenvalue weighted by Crippen LogP contribution is -1.93. The minimum atomic E-state index is 1.14. The van der Waals surface area contributed by atoms with Gasteiger partial charge in [0.15, 0.2) is 0 Å². The lowest BCUT2D eigenvalue weighted by molar-refractivity contribution is 1.18. The molecule has 1 nitrogen and oxygen atoms in total. The van der Waals surface area contributed by atoms with Crippen LogP contribution in [0.1, 0.15) is 38.9 Å². The molecule has 242 valence electrons. The lowest BCUT2D eigenvalue weighted by atomic mass is 10.0. The van der Waals surface area contributed by atoms with E-state index in [9.17, 15) is 0 Å². The fraction of sp³-hybridized carbons (Fsp3) is 0.0612. The first-order chi connectivity index (χ1) is 24.4. The Balaban J connectivity index is 0.000000129. The molecule has 50 heavy (non-hydrogen) atoms. The van der Waals surface area contributed by atoms with Gasteiger partial charge in [0.05, 0.1) is 11.0 Å². The molecule has 1 aliphatic rings. The Morgan fingerprint density at radius 3 is 1.84 bits per heavy atom. The van der Waals surface area contributed by atoms with Gasteiger partial charge in [-0.2, -0.15) is 0 Å². The summed E-state index contributed by atoms with van der Waals surface area (Å²) < 4.78 is 2.37. The van der Waals surface area contributed by atoms with Crippen molar-refractivity contribution in [3.8, 4) is 16.8 Å². The van der Waals surface area contributed by atoms with Crippen LogP contribution in [0.4, 0.5) is 0 Å². The number of nitrogens with zero attached hydrogens (tertiary/aromatic N) is 1. The summed E-state index contributed by atoms with van der Waals surface area (Å²) >= 11 is 0. The molecule has 0 unspecified atom stereocenters. The normalized spacial score (nSPS) is 11.3. The maximum absolute atomic E-state index is 4.18. The number of hydrogen-bond acceptors (Lipinski definition) is 0. The summed E-state index contributed by atoms with van der Waals surface area (Å²) in [5.41, 5.74) is 16.2. The molecule has 0 saturated carbocycles. The second kappa shape index (κ2) is 13.7. The molecule has 1 aliphatic carbocycles. The van der Waals surface area contributed by atoms with Crippen molar-refractivity contribution in [2.45, 2.75) is 20.8 Å². The van der Waals surface area contributed by atoms with Crippen molar-refractivity contribution in [3.05, 3.63) is 204 Å². The minimum Gasteiger partial charge on any atom is -0.309 e. The summed E-state index contributed by atoms with van der Waals surface area (Å²) in [6, 6.07) is 51.9. The van der Waals surface area contributed by atoms with Gasteiger partial charge in [0.1, 0.15) is 0 Å². The Bertz CT molecular complexity index is 2570. The quantitative estimate of drug-likeness (QED) is 0.181. The van der Waals surface area contributed by atoms with E-state index in [2.05, 4.69) is 191 Å². The van der Waals surface area contributed by atoms with Crippen LogP contribution in [-0.2, 0) is 0 Å². The van der Waals surface area contributed by atoms with Gasteiger partial charge in [0, 0.05) is 16.5 Å². The van der Waals surface area contributed by atoms with Gasteiger partial charge in [-0.25, -0.2) is 0 Å². The zero-order chi connectivity index (χ0) is 34.8. The molecule has 0 saturated heterocycles. The van der Waals surface area contributed by atoms with E-state index in [0.717, 1.165) is 16.7 Å². The van der Waals surface area contributed by atoms with Crippen LogP contribution in [0.2, 0.25) is 0 Å². The van der Waals surface area contributed by atoms with Gasteiger partial charge >= 0.3 is 0 Å². The van der Waals surface area contributed by atoms with Crippen LogP contribution >= 0.6 is 0 Å². The first kappa shape index (κ1) is 32.4. The van der Waals surface area contributed by atoms with Crippen molar-refractivity contribution in [3.63, 3.8) is 0 Å². The summed E-state index contributed by atoms with van der Waals surface area (Å²) in [7, 11) is 0. The van der Waals surface area contributed by atoms with Crippen molar-refractivity contribution < 1.29 is 0 Å². The molecule has 0 atom stereocenters. The average molecular weight is 644 g/mol. The van der Waals surface area contributed by atoms with E-state index in [0.29, 0.717) is 0 Å². The van der Waals surface area contributed by atoms with E-state index >= 15 is 0 Å². The highest BCUT2D eigenvalue weighted by Gasteiger charge is 2.20. The van der Waals surface area contributed by atoms with Crippen LogP contribution in [0, 0.1) is 20.8 Å². The molecule has 7 aromatic carbocycles. The van der Waals surface area contributed by atoms with Gasteiger partial charge in [0.25, 0.3) is 0 Å². The van der Waals surface area contributed by atoms with Gasteiger partial charge in [-0.1, -0.05) is 164 Å². The SMILES string of the molecule is C=C1c2ccccc2-c2ccc(C)cc21.C=Cc1ccc(C)cc1C=C.Cc1ccc2c(c1)c1ccccc1n2-c1ccc2ccccc2c1. The predicted octanol–water partition coefficient (Wildman–Crippen LogP) is 13.6. The lowest BCUT2D eigenvalue weighted by Gasteiger charge is -2.09. The average Bonchev–Trinajstić information content (AvgIpc) is 3.62. The van der Waals surface area contributed by atoms with Crippen molar-refractivity contribution in [2.75, 3.05) is 0 Å². The monoisotopic (exact) mass is 643 g/mol. The summed E-state index contributed by atoms with van der Waals surface area (Å²) in [5, 5.41) is 5.18. The molecular weight excluding hydrogens is 603 g/mol. The molecule has 1 heterocycles. The first-order valence-electron chi connectivity index (χ1n) is 17.1. The number of aryl methyl sites for hydroxylation is 3. The van der Waals surface area contributed by atoms with Crippen LogP contribution < -0.4 is 0 Å². The number of rotatable bonds is 3. The van der Waals surface area contributed by atoms with Crippen LogP contribution in [0.25, 0.3) is 67.1 Å². The van der Waals surface area contributed by atoms with Gasteiger partial charge in [-0.05, 0) is 101 Å². The van der Waals surface area contributed by atoms with Gasteiger partial charge < -0.3 is 4.57 Å². The Hall–Kier alpha value is -6.18. The molecule has 0 fully saturated rings. The van der Waals surface area contributed by atoms with Crippen LogP contribution in [-0.4, -0.2) is 4.57 Å². The summed E-state index contributed by atoms with van der Waals surface area (Å²) in [5.74, 6) is 0. The second-order valence-corrected chi connectivity index (χ2v) is 13.0. The topological polar surface area (TPSA) is 4.93 Å². The zero-order valence-electron chi connectivity index (χ0n) is 29.1. The molecule has 0 N–H and O–H groups in total. The number of aromatic nitrogens is 1.